The Bertz CT molecular complexity index is 285. The molecule has 0 unspecified atom stereocenters. The fourth-order valence-corrected chi connectivity index (χ4v) is 0.794. The molecule has 0 saturated heterocycles. The van der Waals surface area contributed by atoms with E-state index < -0.39 is 5.97 Å². The van der Waals surface area contributed by atoms with Gasteiger partial charge in [0.2, 0.25) is 0 Å². The number of para-hydroxylation sites is 2. The van der Waals surface area contributed by atoms with Crippen molar-refractivity contribution < 1.29 is 15.0 Å². The number of phenols is 1. The number of aliphatic carboxylic acids is 1. The van der Waals surface area contributed by atoms with E-state index in [1.54, 1.807) is 18.2 Å². The van der Waals surface area contributed by atoms with E-state index >= 15 is 0 Å². The minimum atomic E-state index is -0.960. The van der Waals surface area contributed by atoms with Crippen molar-refractivity contribution in [3.63, 3.8) is 0 Å². The smallest absolute Gasteiger partial charge is 0.322 e. The van der Waals surface area contributed by atoms with Crippen LogP contribution in [0, 0.1) is 0 Å². The Labute approximate surface area is 69.5 Å². The SMILES string of the molecule is O=C(O)CNc1ccccc1O. The zero-order valence-corrected chi connectivity index (χ0v) is 6.32. The maximum absolute atomic E-state index is 10.1. The molecular weight excluding hydrogens is 158 g/mol. The zero-order chi connectivity index (χ0) is 8.97. The maximum atomic E-state index is 10.1. The quantitative estimate of drug-likeness (QED) is 0.585. The molecule has 64 valence electrons. The summed E-state index contributed by atoms with van der Waals surface area (Å²) in [6.45, 7) is -0.197. The average molecular weight is 167 g/mol. The highest BCUT2D eigenvalue weighted by Gasteiger charge is 2.00. The molecule has 0 heterocycles. The Morgan fingerprint density at radius 3 is 2.67 bits per heavy atom. The third-order valence-electron chi connectivity index (χ3n) is 1.33. The van der Waals surface area contributed by atoms with E-state index in [-0.39, 0.29) is 12.3 Å². The van der Waals surface area contributed by atoms with Crippen LogP contribution in [0.1, 0.15) is 0 Å². The number of hydrogen-bond donors (Lipinski definition) is 3. The molecule has 1 aromatic rings. The predicted octanol–water partition coefficient (Wildman–Crippen LogP) is 0.889. The van der Waals surface area contributed by atoms with Gasteiger partial charge in [-0.05, 0) is 12.1 Å². The first-order chi connectivity index (χ1) is 5.70. The number of rotatable bonds is 3. The molecule has 12 heavy (non-hydrogen) atoms. The minimum Gasteiger partial charge on any atom is -0.506 e. The highest BCUT2D eigenvalue weighted by Crippen LogP contribution is 2.20. The number of nitrogens with one attached hydrogen (secondary N) is 1. The standard InChI is InChI=1S/C8H9NO3/c10-7-4-2-1-3-6(7)9-5-8(11)12/h1-4,9-10H,5H2,(H,11,12). The molecule has 4 nitrogen and oxygen atoms in total. The molecule has 0 fully saturated rings. The van der Waals surface area contributed by atoms with Crippen LogP contribution in [-0.4, -0.2) is 22.7 Å². The molecule has 0 spiro atoms. The van der Waals surface area contributed by atoms with Crippen LogP contribution in [-0.2, 0) is 4.79 Å². The van der Waals surface area contributed by atoms with Gasteiger partial charge in [-0.1, -0.05) is 12.1 Å². The molecule has 3 N–H and O–H groups in total. The van der Waals surface area contributed by atoms with Gasteiger partial charge in [0, 0.05) is 0 Å². The first-order valence-electron chi connectivity index (χ1n) is 3.44. The number of benzene rings is 1. The van der Waals surface area contributed by atoms with Crippen molar-refractivity contribution in [2.45, 2.75) is 0 Å². The van der Waals surface area contributed by atoms with Crippen molar-refractivity contribution >= 4 is 11.7 Å². The average Bonchev–Trinajstić information content (AvgIpc) is 2.03. The zero-order valence-electron chi connectivity index (χ0n) is 6.32. The second kappa shape index (κ2) is 3.61. The molecule has 0 bridgehead atoms. The van der Waals surface area contributed by atoms with Crippen LogP contribution in [0.25, 0.3) is 0 Å². The summed E-state index contributed by atoms with van der Waals surface area (Å²) in [5.41, 5.74) is 0.430. The number of phenolic OH excluding ortho intramolecular Hbond substituents is 1. The lowest BCUT2D eigenvalue weighted by molar-refractivity contribution is -0.134. The van der Waals surface area contributed by atoms with Gasteiger partial charge in [0.1, 0.15) is 12.3 Å². The van der Waals surface area contributed by atoms with Crippen molar-refractivity contribution in [3.8, 4) is 5.75 Å². The van der Waals surface area contributed by atoms with Gasteiger partial charge in [-0.25, -0.2) is 0 Å². The van der Waals surface area contributed by atoms with Gasteiger partial charge in [-0.3, -0.25) is 4.79 Å². The lowest BCUT2D eigenvalue weighted by Gasteiger charge is -2.04. The fourth-order valence-electron chi connectivity index (χ4n) is 0.794. The molecule has 0 aliphatic rings. The second-order valence-corrected chi connectivity index (χ2v) is 2.26. The number of carboxylic acid groups (broad SMARTS) is 1. The van der Waals surface area contributed by atoms with Gasteiger partial charge in [0.15, 0.2) is 0 Å². The minimum absolute atomic E-state index is 0.0544. The lowest BCUT2D eigenvalue weighted by atomic mass is 10.3. The second-order valence-electron chi connectivity index (χ2n) is 2.26. The number of aromatic hydroxyl groups is 1. The maximum Gasteiger partial charge on any atom is 0.322 e. The van der Waals surface area contributed by atoms with Crippen LogP contribution >= 0.6 is 0 Å². The summed E-state index contributed by atoms with van der Waals surface area (Å²) in [5.74, 6) is -0.906. The number of anilines is 1. The summed E-state index contributed by atoms with van der Waals surface area (Å²) in [7, 11) is 0. The lowest BCUT2D eigenvalue weighted by Crippen LogP contribution is -2.12. The third kappa shape index (κ3) is 2.16. The van der Waals surface area contributed by atoms with E-state index in [4.69, 9.17) is 10.2 Å². The van der Waals surface area contributed by atoms with Gasteiger partial charge in [0.05, 0.1) is 5.69 Å². The van der Waals surface area contributed by atoms with Gasteiger partial charge in [-0.2, -0.15) is 0 Å². The molecule has 0 aromatic heterocycles. The first-order valence-corrected chi connectivity index (χ1v) is 3.44. The topological polar surface area (TPSA) is 69.6 Å². The highest BCUT2D eigenvalue weighted by molar-refractivity contribution is 5.73. The van der Waals surface area contributed by atoms with Gasteiger partial charge in [0.25, 0.3) is 0 Å². The van der Waals surface area contributed by atoms with E-state index in [0.29, 0.717) is 5.69 Å². The summed E-state index contributed by atoms with van der Waals surface area (Å²) < 4.78 is 0. The molecule has 1 aromatic carbocycles. The van der Waals surface area contributed by atoms with Crippen molar-refractivity contribution in [2.24, 2.45) is 0 Å². The van der Waals surface area contributed by atoms with Crippen LogP contribution in [0.4, 0.5) is 5.69 Å². The van der Waals surface area contributed by atoms with E-state index in [1.807, 2.05) is 0 Å². The molecule has 1 rings (SSSR count). The summed E-state index contributed by atoms with van der Waals surface area (Å²) >= 11 is 0. The van der Waals surface area contributed by atoms with Crippen LogP contribution in [0.2, 0.25) is 0 Å². The Hall–Kier alpha value is -1.71. The van der Waals surface area contributed by atoms with Crippen LogP contribution in [0.5, 0.6) is 5.75 Å². The molecule has 0 radical (unpaired) electrons. The van der Waals surface area contributed by atoms with Crippen LogP contribution in [0.3, 0.4) is 0 Å². The Kier molecular flexibility index (Phi) is 2.53. The molecule has 0 aliphatic heterocycles. The van der Waals surface area contributed by atoms with E-state index in [0.717, 1.165) is 0 Å². The molecular formula is C8H9NO3. The van der Waals surface area contributed by atoms with Crippen molar-refractivity contribution in [2.75, 3.05) is 11.9 Å². The summed E-state index contributed by atoms with van der Waals surface area (Å²) in [6.07, 6.45) is 0. The molecule has 4 heteroatoms. The number of hydrogen-bond acceptors (Lipinski definition) is 3. The van der Waals surface area contributed by atoms with Crippen molar-refractivity contribution in [1.29, 1.82) is 0 Å². The molecule has 0 aliphatic carbocycles. The Morgan fingerprint density at radius 2 is 2.08 bits per heavy atom. The predicted molar refractivity (Wildman–Crippen MR) is 44.2 cm³/mol. The van der Waals surface area contributed by atoms with Crippen molar-refractivity contribution in [3.05, 3.63) is 24.3 Å². The number of carbonyl (C=O) groups is 1. The highest BCUT2D eigenvalue weighted by atomic mass is 16.4. The van der Waals surface area contributed by atoms with Gasteiger partial charge >= 0.3 is 5.97 Å². The Balaban J connectivity index is 2.63. The molecule has 0 amide bonds. The van der Waals surface area contributed by atoms with Gasteiger partial charge < -0.3 is 15.5 Å². The van der Waals surface area contributed by atoms with E-state index in [9.17, 15) is 4.79 Å². The summed E-state index contributed by atoms with van der Waals surface area (Å²) in [6, 6.07) is 6.48. The Morgan fingerprint density at radius 1 is 1.42 bits per heavy atom. The number of carboxylic acids is 1. The normalized spacial score (nSPS) is 9.33. The fraction of sp³-hybridized carbons (Fsp3) is 0.125. The summed E-state index contributed by atoms with van der Waals surface area (Å²) in [5, 5.41) is 20.1. The van der Waals surface area contributed by atoms with Gasteiger partial charge in [-0.15, -0.1) is 0 Å². The monoisotopic (exact) mass is 167 g/mol. The molecule has 0 saturated carbocycles. The first kappa shape index (κ1) is 8.39. The van der Waals surface area contributed by atoms with Crippen molar-refractivity contribution in [1.82, 2.24) is 0 Å². The molecule has 0 atom stereocenters. The largest absolute Gasteiger partial charge is 0.506 e. The van der Waals surface area contributed by atoms with Crippen LogP contribution in [0.15, 0.2) is 24.3 Å². The van der Waals surface area contributed by atoms with E-state index in [2.05, 4.69) is 5.32 Å². The van der Waals surface area contributed by atoms with Crippen LogP contribution < -0.4 is 5.32 Å². The third-order valence-corrected chi connectivity index (χ3v) is 1.33. The van der Waals surface area contributed by atoms with E-state index in [1.165, 1.54) is 6.07 Å². The summed E-state index contributed by atoms with van der Waals surface area (Å²) in [4.78, 5) is 10.1.